The van der Waals surface area contributed by atoms with Gasteiger partial charge < -0.3 is 9.47 Å². The minimum Gasteiger partial charge on any atom is -0.329 e. The van der Waals surface area contributed by atoms with Crippen LogP contribution in [0.1, 0.15) is 21.7 Å². The summed E-state index contributed by atoms with van der Waals surface area (Å²) in [6.07, 6.45) is -1.34. The number of hydrogen-bond donors (Lipinski definition) is 0. The number of fused-ring (bicyclic) bond motifs is 1. The van der Waals surface area contributed by atoms with Crippen LogP contribution in [0.25, 0.3) is 11.4 Å². The molecule has 0 unspecified atom stereocenters. The summed E-state index contributed by atoms with van der Waals surface area (Å²) in [5.74, 6) is 0.631. The Hall–Kier alpha value is -2.94. The molecule has 0 spiro atoms. The molecule has 0 bridgehead atoms. The van der Waals surface area contributed by atoms with Crippen LogP contribution in [0, 0.1) is 0 Å². The predicted molar refractivity (Wildman–Crippen MR) is 94.4 cm³/mol. The van der Waals surface area contributed by atoms with E-state index >= 15 is 0 Å². The van der Waals surface area contributed by atoms with E-state index in [1.165, 1.54) is 17.0 Å². The zero-order valence-electron chi connectivity index (χ0n) is 14.3. The van der Waals surface area contributed by atoms with Crippen LogP contribution in [-0.4, -0.2) is 37.1 Å². The quantitative estimate of drug-likeness (QED) is 0.650. The van der Waals surface area contributed by atoms with Crippen LogP contribution in [-0.2, 0) is 19.3 Å². The molecule has 3 aromatic rings. The molecule has 0 N–H and O–H groups in total. The standard InChI is InChI=1S/C18H13ClF3N5O/c19-15-12(2-1-3-13(15)18(20,21)22)17(28)26-8-9-27-14(10-26)24-25-16(27)11-4-6-23-7-5-11/h1-7H,8-10H2. The van der Waals surface area contributed by atoms with Crippen molar-refractivity contribution in [1.82, 2.24) is 24.6 Å². The Bertz CT molecular complexity index is 1040. The molecule has 0 saturated heterocycles. The number of carbonyl (C=O) groups is 1. The number of nitrogens with zero attached hydrogens (tertiary/aromatic N) is 5. The monoisotopic (exact) mass is 407 g/mol. The van der Waals surface area contributed by atoms with Crippen LogP contribution in [0.4, 0.5) is 13.2 Å². The zero-order chi connectivity index (χ0) is 19.9. The number of amides is 1. The second-order valence-corrected chi connectivity index (χ2v) is 6.60. The molecule has 1 aliphatic heterocycles. The molecule has 6 nitrogen and oxygen atoms in total. The van der Waals surface area contributed by atoms with Crippen molar-refractivity contribution in [3.8, 4) is 11.4 Å². The van der Waals surface area contributed by atoms with Crippen molar-refractivity contribution >= 4 is 17.5 Å². The Morgan fingerprint density at radius 3 is 2.54 bits per heavy atom. The summed E-state index contributed by atoms with van der Waals surface area (Å²) in [4.78, 5) is 18.2. The van der Waals surface area contributed by atoms with E-state index in [9.17, 15) is 18.0 Å². The van der Waals surface area contributed by atoms with Crippen LogP contribution in [0.2, 0.25) is 5.02 Å². The van der Waals surface area contributed by atoms with Crippen molar-refractivity contribution in [2.24, 2.45) is 0 Å². The molecule has 28 heavy (non-hydrogen) atoms. The molecule has 3 heterocycles. The maximum atomic E-state index is 13.1. The van der Waals surface area contributed by atoms with Gasteiger partial charge in [0.05, 0.1) is 22.7 Å². The Labute approximate surface area is 162 Å². The largest absolute Gasteiger partial charge is 0.417 e. The summed E-state index contributed by atoms with van der Waals surface area (Å²) in [5.41, 5.74) is -0.367. The Kier molecular flexibility index (Phi) is 4.54. The van der Waals surface area contributed by atoms with E-state index in [1.807, 2.05) is 4.57 Å². The van der Waals surface area contributed by atoms with E-state index in [1.54, 1.807) is 24.5 Å². The third-order valence-electron chi connectivity index (χ3n) is 4.51. The van der Waals surface area contributed by atoms with E-state index in [0.29, 0.717) is 24.7 Å². The molecule has 0 fully saturated rings. The van der Waals surface area contributed by atoms with E-state index in [4.69, 9.17) is 11.6 Å². The minimum absolute atomic E-state index is 0.128. The number of aromatic nitrogens is 4. The van der Waals surface area contributed by atoms with Crippen LogP contribution in [0.15, 0.2) is 42.7 Å². The fourth-order valence-electron chi connectivity index (χ4n) is 3.13. The normalized spacial score (nSPS) is 14.1. The van der Waals surface area contributed by atoms with Gasteiger partial charge in [-0.05, 0) is 24.3 Å². The number of pyridine rings is 1. The SMILES string of the molecule is O=C(c1cccc(C(F)(F)F)c1Cl)N1CCn2c(nnc2-c2ccncc2)C1. The highest BCUT2D eigenvalue weighted by atomic mass is 35.5. The molecule has 0 aliphatic carbocycles. The summed E-state index contributed by atoms with van der Waals surface area (Å²) < 4.78 is 41.1. The van der Waals surface area contributed by atoms with Gasteiger partial charge in [0, 0.05) is 31.0 Å². The molecule has 2 aromatic heterocycles. The first-order valence-electron chi connectivity index (χ1n) is 8.33. The summed E-state index contributed by atoms with van der Waals surface area (Å²) in [6.45, 7) is 0.848. The number of rotatable bonds is 2. The molecule has 4 rings (SSSR count). The Morgan fingerprint density at radius 2 is 1.82 bits per heavy atom. The second kappa shape index (κ2) is 6.90. The van der Waals surface area contributed by atoms with Crippen molar-refractivity contribution in [3.05, 3.63) is 64.7 Å². The number of benzene rings is 1. The molecular formula is C18H13ClF3N5O. The van der Waals surface area contributed by atoms with Crippen molar-refractivity contribution in [2.45, 2.75) is 19.3 Å². The van der Waals surface area contributed by atoms with Gasteiger partial charge in [0.1, 0.15) is 0 Å². The lowest BCUT2D eigenvalue weighted by Gasteiger charge is -2.28. The summed E-state index contributed by atoms with van der Waals surface area (Å²) in [7, 11) is 0. The third kappa shape index (κ3) is 3.22. The van der Waals surface area contributed by atoms with Crippen molar-refractivity contribution in [2.75, 3.05) is 6.54 Å². The average molecular weight is 408 g/mol. The van der Waals surface area contributed by atoms with Gasteiger partial charge in [0.25, 0.3) is 5.91 Å². The number of carbonyl (C=O) groups excluding carboxylic acids is 1. The Balaban J connectivity index is 1.61. The molecular weight excluding hydrogens is 395 g/mol. The van der Waals surface area contributed by atoms with Crippen LogP contribution >= 0.6 is 11.6 Å². The topological polar surface area (TPSA) is 63.9 Å². The third-order valence-corrected chi connectivity index (χ3v) is 4.92. The van der Waals surface area contributed by atoms with Crippen molar-refractivity contribution in [1.29, 1.82) is 0 Å². The molecule has 1 amide bonds. The smallest absolute Gasteiger partial charge is 0.329 e. The first-order chi connectivity index (χ1) is 13.4. The molecule has 144 valence electrons. The van der Waals surface area contributed by atoms with E-state index in [-0.39, 0.29) is 12.1 Å². The van der Waals surface area contributed by atoms with Gasteiger partial charge in [-0.3, -0.25) is 9.78 Å². The van der Waals surface area contributed by atoms with E-state index in [2.05, 4.69) is 15.2 Å². The van der Waals surface area contributed by atoms with Crippen LogP contribution in [0.5, 0.6) is 0 Å². The van der Waals surface area contributed by atoms with Gasteiger partial charge >= 0.3 is 6.18 Å². The lowest BCUT2D eigenvalue weighted by atomic mass is 10.1. The lowest BCUT2D eigenvalue weighted by molar-refractivity contribution is -0.137. The molecule has 0 radical (unpaired) electrons. The van der Waals surface area contributed by atoms with Crippen molar-refractivity contribution in [3.63, 3.8) is 0 Å². The molecule has 0 saturated carbocycles. The summed E-state index contributed by atoms with van der Waals surface area (Å²) in [6, 6.07) is 6.93. The lowest BCUT2D eigenvalue weighted by Crippen LogP contribution is -2.38. The maximum Gasteiger partial charge on any atom is 0.417 e. The number of halogens is 4. The highest BCUT2D eigenvalue weighted by Gasteiger charge is 2.35. The van der Waals surface area contributed by atoms with E-state index in [0.717, 1.165) is 11.6 Å². The second-order valence-electron chi connectivity index (χ2n) is 6.22. The van der Waals surface area contributed by atoms with Gasteiger partial charge in [0.2, 0.25) is 0 Å². The fourth-order valence-corrected chi connectivity index (χ4v) is 3.45. The molecule has 1 aromatic carbocycles. The fraction of sp³-hybridized carbons (Fsp3) is 0.222. The highest BCUT2D eigenvalue weighted by Crippen LogP contribution is 2.36. The maximum absolute atomic E-state index is 13.1. The minimum atomic E-state index is -4.63. The Morgan fingerprint density at radius 1 is 1.07 bits per heavy atom. The molecule has 1 aliphatic rings. The van der Waals surface area contributed by atoms with Gasteiger partial charge in [-0.25, -0.2) is 0 Å². The summed E-state index contributed by atoms with van der Waals surface area (Å²) >= 11 is 5.89. The van der Waals surface area contributed by atoms with Gasteiger partial charge in [-0.1, -0.05) is 17.7 Å². The van der Waals surface area contributed by atoms with Gasteiger partial charge in [-0.2, -0.15) is 13.2 Å². The van der Waals surface area contributed by atoms with Gasteiger partial charge in [-0.15, -0.1) is 10.2 Å². The highest BCUT2D eigenvalue weighted by molar-refractivity contribution is 6.34. The molecule has 0 atom stereocenters. The van der Waals surface area contributed by atoms with Crippen molar-refractivity contribution < 1.29 is 18.0 Å². The summed E-state index contributed by atoms with van der Waals surface area (Å²) in [5, 5.41) is 7.70. The van der Waals surface area contributed by atoms with Gasteiger partial charge in [0.15, 0.2) is 11.6 Å². The van der Waals surface area contributed by atoms with E-state index < -0.39 is 22.7 Å². The van der Waals surface area contributed by atoms with Crippen LogP contribution in [0.3, 0.4) is 0 Å². The first kappa shape index (κ1) is 18.4. The predicted octanol–water partition coefficient (Wildman–Crippen LogP) is 3.67. The molecule has 10 heteroatoms. The first-order valence-corrected chi connectivity index (χ1v) is 8.71. The average Bonchev–Trinajstić information content (AvgIpc) is 3.10. The number of hydrogen-bond acceptors (Lipinski definition) is 4. The number of alkyl halides is 3. The van der Waals surface area contributed by atoms with Crippen LogP contribution < -0.4 is 0 Å². The zero-order valence-corrected chi connectivity index (χ0v) is 15.1.